The molecule has 0 aliphatic carbocycles. The predicted molar refractivity (Wildman–Crippen MR) is 107 cm³/mol. The molecule has 0 radical (unpaired) electrons. The molecular weight excluding hydrogens is 328 g/mol. The normalized spacial score (nSPS) is 15.0. The molecule has 2 aromatic rings. The van der Waals surface area contributed by atoms with Gasteiger partial charge in [0.05, 0.1) is 0 Å². The third-order valence-electron chi connectivity index (χ3n) is 4.58. The summed E-state index contributed by atoms with van der Waals surface area (Å²) in [6.07, 6.45) is 5.66. The van der Waals surface area contributed by atoms with E-state index in [9.17, 15) is 4.79 Å². The van der Waals surface area contributed by atoms with E-state index in [0.717, 1.165) is 31.7 Å². The van der Waals surface area contributed by atoms with Gasteiger partial charge < -0.3 is 9.80 Å². The second kappa shape index (κ2) is 8.26. The Labute approximate surface area is 154 Å². The molecule has 3 rings (SSSR count). The Bertz CT molecular complexity index is 747. The Morgan fingerprint density at radius 1 is 1.00 bits per heavy atom. The number of hydrogen-bond acceptors (Lipinski definition) is 3. The van der Waals surface area contributed by atoms with Crippen LogP contribution in [0.5, 0.6) is 0 Å². The molecule has 1 heterocycles. The number of carbonyl (C=O) groups excluding carboxylic acids is 1. The summed E-state index contributed by atoms with van der Waals surface area (Å²) in [7, 11) is 0. The highest BCUT2D eigenvalue weighted by atomic mass is 32.2. The van der Waals surface area contributed by atoms with Gasteiger partial charge in [0.1, 0.15) is 0 Å². The molecule has 0 N–H and O–H groups in total. The molecule has 25 heavy (non-hydrogen) atoms. The number of rotatable bonds is 4. The number of para-hydroxylation sites is 1. The van der Waals surface area contributed by atoms with Crippen molar-refractivity contribution in [2.45, 2.75) is 11.8 Å². The monoisotopic (exact) mass is 352 g/mol. The van der Waals surface area contributed by atoms with E-state index in [1.54, 1.807) is 17.8 Å². The summed E-state index contributed by atoms with van der Waals surface area (Å²) < 4.78 is 0. The lowest BCUT2D eigenvalue weighted by Crippen LogP contribution is -2.48. The fourth-order valence-electron chi connectivity index (χ4n) is 3.07. The Hall–Kier alpha value is -2.20. The minimum atomic E-state index is 0.0957. The van der Waals surface area contributed by atoms with Crippen molar-refractivity contribution in [3.05, 3.63) is 65.7 Å². The first-order valence-corrected chi connectivity index (χ1v) is 9.81. The average Bonchev–Trinajstić information content (AvgIpc) is 2.67. The summed E-state index contributed by atoms with van der Waals surface area (Å²) in [4.78, 5) is 18.0. The molecule has 0 aromatic heterocycles. The molecule has 130 valence electrons. The Morgan fingerprint density at radius 2 is 1.68 bits per heavy atom. The van der Waals surface area contributed by atoms with Gasteiger partial charge in [-0.2, -0.15) is 0 Å². The standard InChI is InChI=1S/C21H24N2OS/c1-17-5-3-4-6-20(17)22-13-15-23(16-14-22)21(24)12-9-18-7-10-19(25-2)11-8-18/h3-12H,13-16H2,1-2H3/b12-9+. The Morgan fingerprint density at radius 3 is 2.32 bits per heavy atom. The zero-order valence-electron chi connectivity index (χ0n) is 14.8. The van der Waals surface area contributed by atoms with Crippen LogP contribution in [0.4, 0.5) is 5.69 Å². The van der Waals surface area contributed by atoms with Crippen molar-refractivity contribution < 1.29 is 4.79 Å². The second-order valence-corrected chi connectivity index (χ2v) is 7.08. The highest BCUT2D eigenvalue weighted by molar-refractivity contribution is 7.98. The molecule has 0 saturated carbocycles. The van der Waals surface area contributed by atoms with Crippen molar-refractivity contribution in [2.75, 3.05) is 37.3 Å². The lowest BCUT2D eigenvalue weighted by Gasteiger charge is -2.36. The van der Waals surface area contributed by atoms with E-state index in [4.69, 9.17) is 0 Å². The molecule has 1 aliphatic rings. The number of anilines is 1. The summed E-state index contributed by atoms with van der Waals surface area (Å²) in [5.41, 5.74) is 3.62. The van der Waals surface area contributed by atoms with Gasteiger partial charge in [-0.05, 0) is 48.6 Å². The fourth-order valence-corrected chi connectivity index (χ4v) is 3.48. The zero-order valence-corrected chi connectivity index (χ0v) is 15.6. The van der Waals surface area contributed by atoms with Crippen molar-refractivity contribution in [2.24, 2.45) is 0 Å². The van der Waals surface area contributed by atoms with Gasteiger partial charge in [0.25, 0.3) is 0 Å². The topological polar surface area (TPSA) is 23.6 Å². The third-order valence-corrected chi connectivity index (χ3v) is 5.33. The number of carbonyl (C=O) groups is 1. The number of amides is 1. The number of hydrogen-bond donors (Lipinski definition) is 0. The van der Waals surface area contributed by atoms with E-state index in [1.807, 2.05) is 23.1 Å². The van der Waals surface area contributed by atoms with Gasteiger partial charge in [0.15, 0.2) is 0 Å². The van der Waals surface area contributed by atoms with Crippen LogP contribution >= 0.6 is 11.8 Å². The number of thioether (sulfide) groups is 1. The minimum absolute atomic E-state index is 0.0957. The maximum Gasteiger partial charge on any atom is 0.246 e. The largest absolute Gasteiger partial charge is 0.368 e. The SMILES string of the molecule is CSc1ccc(/C=C/C(=O)N2CCN(c3ccccc3C)CC2)cc1. The van der Waals surface area contributed by atoms with Crippen LogP contribution in [0.1, 0.15) is 11.1 Å². The van der Waals surface area contributed by atoms with E-state index >= 15 is 0 Å². The highest BCUT2D eigenvalue weighted by Crippen LogP contribution is 2.21. The quantitative estimate of drug-likeness (QED) is 0.612. The highest BCUT2D eigenvalue weighted by Gasteiger charge is 2.20. The predicted octanol–water partition coefficient (Wildman–Crippen LogP) is 4.08. The van der Waals surface area contributed by atoms with Crippen LogP contribution in [0.25, 0.3) is 6.08 Å². The first kappa shape index (κ1) is 17.6. The van der Waals surface area contributed by atoms with Gasteiger partial charge in [0, 0.05) is 42.8 Å². The second-order valence-electron chi connectivity index (χ2n) is 6.21. The fraction of sp³-hybridized carbons (Fsp3) is 0.286. The van der Waals surface area contributed by atoms with Crippen LogP contribution in [0, 0.1) is 6.92 Å². The van der Waals surface area contributed by atoms with Crippen LogP contribution in [0.3, 0.4) is 0 Å². The molecule has 1 amide bonds. The zero-order chi connectivity index (χ0) is 17.6. The molecule has 0 spiro atoms. The summed E-state index contributed by atoms with van der Waals surface area (Å²) in [6, 6.07) is 16.7. The molecule has 2 aromatic carbocycles. The molecular formula is C21H24N2OS. The lowest BCUT2D eigenvalue weighted by atomic mass is 10.1. The van der Waals surface area contributed by atoms with Gasteiger partial charge in [-0.1, -0.05) is 30.3 Å². The molecule has 0 unspecified atom stereocenters. The van der Waals surface area contributed by atoms with Gasteiger partial charge in [0.2, 0.25) is 5.91 Å². The van der Waals surface area contributed by atoms with Crippen molar-refractivity contribution in [3.63, 3.8) is 0 Å². The lowest BCUT2D eigenvalue weighted by molar-refractivity contribution is -0.126. The number of aryl methyl sites for hydroxylation is 1. The maximum atomic E-state index is 12.4. The minimum Gasteiger partial charge on any atom is -0.368 e. The Kier molecular flexibility index (Phi) is 5.82. The first-order valence-electron chi connectivity index (χ1n) is 8.59. The van der Waals surface area contributed by atoms with Crippen LogP contribution < -0.4 is 4.90 Å². The summed E-state index contributed by atoms with van der Waals surface area (Å²) in [6.45, 7) is 5.43. The molecule has 1 saturated heterocycles. The van der Waals surface area contributed by atoms with Crippen LogP contribution in [-0.4, -0.2) is 43.2 Å². The van der Waals surface area contributed by atoms with Gasteiger partial charge in [-0.25, -0.2) is 0 Å². The molecule has 0 atom stereocenters. The molecule has 1 aliphatic heterocycles. The van der Waals surface area contributed by atoms with Crippen LogP contribution in [0.2, 0.25) is 0 Å². The van der Waals surface area contributed by atoms with E-state index in [1.165, 1.54) is 16.1 Å². The smallest absolute Gasteiger partial charge is 0.246 e. The number of nitrogens with zero attached hydrogens (tertiary/aromatic N) is 2. The van der Waals surface area contributed by atoms with Gasteiger partial charge >= 0.3 is 0 Å². The van der Waals surface area contributed by atoms with E-state index in [-0.39, 0.29) is 5.91 Å². The van der Waals surface area contributed by atoms with Crippen molar-refractivity contribution >= 4 is 29.4 Å². The number of benzene rings is 2. The average molecular weight is 353 g/mol. The van der Waals surface area contributed by atoms with Crippen LogP contribution in [-0.2, 0) is 4.79 Å². The maximum absolute atomic E-state index is 12.4. The Balaban J connectivity index is 1.56. The first-order chi connectivity index (χ1) is 12.2. The number of piperazine rings is 1. The van der Waals surface area contributed by atoms with Crippen molar-refractivity contribution in [1.29, 1.82) is 0 Å². The van der Waals surface area contributed by atoms with E-state index in [2.05, 4.69) is 54.5 Å². The van der Waals surface area contributed by atoms with E-state index < -0.39 is 0 Å². The van der Waals surface area contributed by atoms with Crippen LogP contribution in [0.15, 0.2) is 59.5 Å². The van der Waals surface area contributed by atoms with Gasteiger partial charge in [-0.15, -0.1) is 11.8 Å². The summed E-state index contributed by atoms with van der Waals surface area (Å²) >= 11 is 1.72. The third kappa shape index (κ3) is 4.45. The summed E-state index contributed by atoms with van der Waals surface area (Å²) in [5.74, 6) is 0.0957. The summed E-state index contributed by atoms with van der Waals surface area (Å²) in [5, 5.41) is 0. The van der Waals surface area contributed by atoms with E-state index in [0.29, 0.717) is 0 Å². The van der Waals surface area contributed by atoms with Crippen molar-refractivity contribution in [3.8, 4) is 0 Å². The molecule has 0 bridgehead atoms. The van der Waals surface area contributed by atoms with Crippen molar-refractivity contribution in [1.82, 2.24) is 4.90 Å². The van der Waals surface area contributed by atoms with Gasteiger partial charge in [-0.3, -0.25) is 4.79 Å². The molecule has 4 heteroatoms. The molecule has 1 fully saturated rings. The molecule has 3 nitrogen and oxygen atoms in total.